The van der Waals surface area contributed by atoms with Gasteiger partial charge < -0.3 is 5.32 Å². The van der Waals surface area contributed by atoms with E-state index >= 15 is 0 Å². The van der Waals surface area contributed by atoms with Crippen LogP contribution in [-0.2, 0) is 19.5 Å². The number of nitrogens with one attached hydrogen (secondary N) is 1. The lowest BCUT2D eigenvalue weighted by molar-refractivity contribution is 0.362. The monoisotopic (exact) mass is 438 g/mol. The van der Waals surface area contributed by atoms with Gasteiger partial charge in [-0.05, 0) is 62.5 Å². The Morgan fingerprint density at radius 3 is 2.48 bits per heavy atom. The zero-order valence-corrected chi connectivity index (χ0v) is 18.2. The second-order valence-electron chi connectivity index (χ2n) is 7.12. The van der Waals surface area contributed by atoms with E-state index in [1.807, 2.05) is 52.7 Å². The smallest absolute Gasteiger partial charge is 0.317 e. The highest BCUT2D eigenvalue weighted by Crippen LogP contribution is 2.16. The molecule has 2 aromatic heterocycles. The van der Waals surface area contributed by atoms with Crippen LogP contribution in [0.2, 0.25) is 0 Å². The Morgan fingerprint density at radius 2 is 1.86 bits per heavy atom. The molecule has 1 aliphatic rings. The molecule has 0 saturated carbocycles. The summed E-state index contributed by atoms with van der Waals surface area (Å²) >= 11 is 0. The van der Waals surface area contributed by atoms with Crippen molar-refractivity contribution in [1.82, 2.24) is 29.4 Å². The minimum atomic E-state index is -0.0161. The molecule has 0 amide bonds. The highest BCUT2D eigenvalue weighted by atomic mass is 35.5. The summed E-state index contributed by atoms with van der Waals surface area (Å²) in [5.74, 6) is 1.53. The number of hydrogen-bond acceptors (Lipinski definition) is 4. The van der Waals surface area contributed by atoms with Crippen molar-refractivity contribution >= 4 is 24.8 Å². The number of aromatic nitrogens is 5. The summed E-state index contributed by atoms with van der Waals surface area (Å²) in [5, 5.41) is 12.3. The van der Waals surface area contributed by atoms with E-state index in [0.29, 0.717) is 19.0 Å². The van der Waals surface area contributed by atoms with E-state index in [-0.39, 0.29) is 30.5 Å². The minimum Gasteiger partial charge on any atom is -0.317 e. The molecule has 1 aromatic carbocycles. The predicted molar refractivity (Wildman–Crippen MR) is 119 cm³/mol. The lowest BCUT2D eigenvalue weighted by atomic mass is 9.94. The summed E-state index contributed by atoms with van der Waals surface area (Å²) in [6, 6.07) is 9.98. The fourth-order valence-corrected chi connectivity index (χ4v) is 3.75. The first kappa shape index (κ1) is 23.2. The van der Waals surface area contributed by atoms with Gasteiger partial charge in [0.2, 0.25) is 0 Å². The van der Waals surface area contributed by atoms with E-state index in [1.165, 1.54) is 0 Å². The van der Waals surface area contributed by atoms with Crippen molar-refractivity contribution in [2.75, 3.05) is 13.1 Å². The van der Waals surface area contributed by atoms with Crippen LogP contribution in [0.3, 0.4) is 0 Å². The maximum atomic E-state index is 12.8. The van der Waals surface area contributed by atoms with Gasteiger partial charge in [-0.1, -0.05) is 12.1 Å². The van der Waals surface area contributed by atoms with E-state index in [1.54, 1.807) is 10.9 Å². The predicted octanol–water partition coefficient (Wildman–Crippen LogP) is 2.68. The van der Waals surface area contributed by atoms with Crippen molar-refractivity contribution in [3.8, 4) is 5.69 Å². The van der Waals surface area contributed by atoms with E-state index in [9.17, 15) is 4.79 Å². The molecule has 29 heavy (non-hydrogen) atoms. The molecule has 0 spiro atoms. The van der Waals surface area contributed by atoms with Crippen LogP contribution in [0.5, 0.6) is 0 Å². The summed E-state index contributed by atoms with van der Waals surface area (Å²) in [7, 11) is 0. The Kier molecular flexibility index (Phi) is 8.49. The molecule has 7 nitrogen and oxygen atoms in total. The molecule has 1 fully saturated rings. The summed E-state index contributed by atoms with van der Waals surface area (Å²) < 4.78 is 5.24. The highest BCUT2D eigenvalue weighted by Gasteiger charge is 2.19. The number of rotatable bonds is 6. The fraction of sp³-hybridized carbons (Fsp3) is 0.450. The lowest BCUT2D eigenvalue weighted by Crippen LogP contribution is -2.30. The molecule has 0 aliphatic carbocycles. The Balaban J connectivity index is 0.00000150. The van der Waals surface area contributed by atoms with Gasteiger partial charge in [0.05, 0.1) is 12.2 Å². The minimum absolute atomic E-state index is 0. The van der Waals surface area contributed by atoms with Gasteiger partial charge in [0.15, 0.2) is 0 Å². The van der Waals surface area contributed by atoms with Crippen molar-refractivity contribution in [2.45, 2.75) is 39.3 Å². The number of halogens is 2. The number of nitrogens with zero attached hydrogens (tertiary/aromatic N) is 5. The van der Waals surface area contributed by atoms with Gasteiger partial charge in [0, 0.05) is 25.4 Å². The van der Waals surface area contributed by atoms with Gasteiger partial charge in [0.25, 0.3) is 0 Å². The maximum Gasteiger partial charge on any atom is 0.346 e. The van der Waals surface area contributed by atoms with Gasteiger partial charge in [-0.15, -0.1) is 24.8 Å². The highest BCUT2D eigenvalue weighted by molar-refractivity contribution is 5.85. The molecule has 1 saturated heterocycles. The largest absolute Gasteiger partial charge is 0.346 e. The third-order valence-corrected chi connectivity index (χ3v) is 5.28. The molecule has 9 heteroatoms. The van der Waals surface area contributed by atoms with Gasteiger partial charge in [-0.3, -0.25) is 4.57 Å². The Bertz CT molecular complexity index is 927. The van der Waals surface area contributed by atoms with Crippen molar-refractivity contribution in [3.63, 3.8) is 0 Å². The van der Waals surface area contributed by atoms with E-state index in [2.05, 4.69) is 15.5 Å². The summed E-state index contributed by atoms with van der Waals surface area (Å²) in [6.45, 7) is 5.29. The van der Waals surface area contributed by atoms with Gasteiger partial charge >= 0.3 is 5.69 Å². The summed E-state index contributed by atoms with van der Waals surface area (Å²) in [5.41, 5.74) is 2.04. The van der Waals surface area contributed by atoms with Gasteiger partial charge in [-0.25, -0.2) is 14.2 Å². The van der Waals surface area contributed by atoms with E-state index in [0.717, 1.165) is 49.4 Å². The van der Waals surface area contributed by atoms with Crippen molar-refractivity contribution in [1.29, 1.82) is 0 Å². The Labute approximate surface area is 182 Å². The molecule has 3 aromatic rings. The van der Waals surface area contributed by atoms with E-state index in [4.69, 9.17) is 0 Å². The number of piperidine rings is 1. The molecule has 158 valence electrons. The van der Waals surface area contributed by atoms with Crippen molar-refractivity contribution in [3.05, 3.63) is 64.6 Å². The third kappa shape index (κ3) is 5.29. The fourth-order valence-electron chi connectivity index (χ4n) is 3.75. The Morgan fingerprint density at radius 1 is 1.14 bits per heavy atom. The van der Waals surface area contributed by atoms with Gasteiger partial charge in [-0.2, -0.15) is 10.2 Å². The average molecular weight is 439 g/mol. The topological polar surface area (TPSA) is 69.7 Å². The molecular formula is C20H28Cl2N6O. The molecule has 0 atom stereocenters. The van der Waals surface area contributed by atoms with Crippen LogP contribution < -0.4 is 11.0 Å². The van der Waals surface area contributed by atoms with Crippen molar-refractivity contribution in [2.24, 2.45) is 5.92 Å². The molecule has 0 bridgehead atoms. The normalized spacial score (nSPS) is 14.2. The standard InChI is InChI=1S/C20H26N6O.2ClH/c1-2-24-19(14-16-8-11-21-12-9-16)23-26(20(24)27)15-17-4-6-18(7-5-17)25-13-3-10-22-25;;/h3-7,10,13,16,21H,2,8-9,11-12,14-15H2,1H3;2*1H. The first-order valence-corrected chi connectivity index (χ1v) is 9.71. The first-order chi connectivity index (χ1) is 13.2. The lowest BCUT2D eigenvalue weighted by Gasteiger charge is -2.21. The molecule has 1 aliphatic heterocycles. The zero-order chi connectivity index (χ0) is 18.6. The maximum absolute atomic E-state index is 12.8. The number of benzene rings is 1. The Hall–Kier alpha value is -2.09. The first-order valence-electron chi connectivity index (χ1n) is 9.71. The second-order valence-corrected chi connectivity index (χ2v) is 7.12. The van der Waals surface area contributed by atoms with Crippen LogP contribution in [0.1, 0.15) is 31.2 Å². The zero-order valence-electron chi connectivity index (χ0n) is 16.5. The van der Waals surface area contributed by atoms with Crippen LogP contribution in [0.25, 0.3) is 5.69 Å². The van der Waals surface area contributed by atoms with Gasteiger partial charge in [0.1, 0.15) is 5.82 Å². The second kappa shape index (κ2) is 10.6. The van der Waals surface area contributed by atoms with Crippen LogP contribution in [-0.4, -0.2) is 37.2 Å². The SMILES string of the molecule is CCn1c(CC2CCNCC2)nn(Cc2ccc(-n3cccn3)cc2)c1=O.Cl.Cl. The quantitative estimate of drug-likeness (QED) is 0.641. The van der Waals surface area contributed by atoms with Crippen LogP contribution in [0.15, 0.2) is 47.5 Å². The van der Waals surface area contributed by atoms with Crippen molar-refractivity contribution < 1.29 is 0 Å². The molecule has 4 rings (SSSR count). The van der Waals surface area contributed by atoms with Crippen LogP contribution >= 0.6 is 24.8 Å². The number of hydrogen-bond donors (Lipinski definition) is 1. The summed E-state index contributed by atoms with van der Waals surface area (Å²) in [4.78, 5) is 12.8. The molecule has 1 N–H and O–H groups in total. The van der Waals surface area contributed by atoms with E-state index < -0.39 is 0 Å². The third-order valence-electron chi connectivity index (χ3n) is 5.28. The molecule has 3 heterocycles. The molecule has 0 unspecified atom stereocenters. The molecular weight excluding hydrogens is 411 g/mol. The summed E-state index contributed by atoms with van der Waals surface area (Å²) in [6.07, 6.45) is 6.86. The average Bonchev–Trinajstić information content (AvgIpc) is 3.32. The van der Waals surface area contributed by atoms with Crippen LogP contribution in [0.4, 0.5) is 0 Å². The van der Waals surface area contributed by atoms with Crippen LogP contribution in [0, 0.1) is 5.92 Å². The molecule has 0 radical (unpaired) electrons.